The quantitative estimate of drug-likeness (QED) is 0.0521. The molecule has 3 unspecified atom stereocenters. The van der Waals surface area contributed by atoms with E-state index < -0.39 is 170 Å². The first-order valence-electron chi connectivity index (χ1n) is 25.9. The van der Waals surface area contributed by atoms with Gasteiger partial charge in [0.05, 0.1) is 6.42 Å². The van der Waals surface area contributed by atoms with Crippen LogP contribution in [0.2, 0.25) is 0 Å². The molecule has 0 aliphatic heterocycles. The van der Waals surface area contributed by atoms with Crippen LogP contribution in [0.3, 0.4) is 0 Å². The van der Waals surface area contributed by atoms with Crippen molar-refractivity contribution in [1.82, 2.24) is 36.4 Å². The van der Waals surface area contributed by atoms with Crippen LogP contribution in [0.25, 0.3) is 0 Å². The van der Waals surface area contributed by atoms with Crippen LogP contribution in [0.15, 0.2) is 48.5 Å². The molecule has 8 amide bonds. The minimum Gasteiger partial charge on any atom is -0.481 e. The number of nitrogens with one attached hydrogen (secondary N) is 5. The molecule has 0 bridgehead atoms. The number of hydrogen-bond acceptors (Lipinski definition) is 12. The number of carboxylic acid groups (broad SMARTS) is 2. The van der Waals surface area contributed by atoms with E-state index in [4.69, 9.17) is 10.8 Å². The van der Waals surface area contributed by atoms with E-state index >= 15 is 4.39 Å². The zero-order valence-corrected chi connectivity index (χ0v) is 45.3. The maximum Gasteiger partial charge on any atom is 0.326 e. The highest BCUT2D eigenvalue weighted by Crippen LogP contribution is 2.50. The number of carbonyl (C=O) groups is 11. The molecule has 3 rings (SSSR count). The lowest BCUT2D eigenvalue weighted by molar-refractivity contribution is -0.143. The van der Waals surface area contributed by atoms with Crippen molar-refractivity contribution in [2.24, 2.45) is 23.0 Å². The first-order chi connectivity index (χ1) is 36.5. The molecule has 1 fully saturated rings. The van der Waals surface area contributed by atoms with Gasteiger partial charge in [-0.25, -0.2) is 13.6 Å². The van der Waals surface area contributed by atoms with Crippen LogP contribution in [-0.2, 0) is 59.2 Å². The molecule has 24 heteroatoms. The Labute approximate surface area is 452 Å². The van der Waals surface area contributed by atoms with E-state index in [0.29, 0.717) is 12.8 Å². The van der Waals surface area contributed by atoms with E-state index in [1.165, 1.54) is 32.7 Å². The number of amides is 8. The Bertz CT molecular complexity index is 2480. The van der Waals surface area contributed by atoms with Crippen molar-refractivity contribution in [3.63, 3.8) is 0 Å². The summed E-state index contributed by atoms with van der Waals surface area (Å²) in [7, 11) is 1.26. The van der Waals surface area contributed by atoms with E-state index in [2.05, 4.69) is 26.6 Å². The van der Waals surface area contributed by atoms with Gasteiger partial charge in [-0.05, 0) is 112 Å². The number of likely N-dealkylation sites (N-methyl/N-ethyl adjacent to an activating group) is 1. The summed E-state index contributed by atoms with van der Waals surface area (Å²) in [6, 6.07) is 4.42. The van der Waals surface area contributed by atoms with Gasteiger partial charge in [0.25, 0.3) is 0 Å². The molecule has 0 saturated heterocycles. The summed E-state index contributed by atoms with van der Waals surface area (Å²) >= 11 is 0. The van der Waals surface area contributed by atoms with Crippen LogP contribution in [0.4, 0.5) is 8.78 Å². The number of primary amides is 1. The number of Topliss-reactive ketones (excluding diaryl/α,β-unsaturated/α-hetero) is 1. The van der Waals surface area contributed by atoms with Gasteiger partial charge in [0.15, 0.2) is 0 Å². The van der Waals surface area contributed by atoms with Crippen molar-refractivity contribution in [3.05, 3.63) is 71.3 Å². The number of nitrogens with zero attached hydrogens (tertiary/aromatic N) is 2. The number of carboxylic acids is 2. The summed E-state index contributed by atoms with van der Waals surface area (Å²) < 4.78 is 30.2. The Hall–Kier alpha value is -7.37. The number of ketones is 1. The Kier molecular flexibility index (Phi) is 25.4. The SMILES string of the molecule is CC(=O)CCCC(=O)N[C@@H](C)C(=O)N(C)[C@@H](C)C(=O)N[C@@H](CC(N)=O)C(=O)N[C@@H](CCN(C(=O)CO)[C@@H](C1CC(c2cc(F)ccc2F)CC1Cc1ccccc1)C(C)(C)C)C(=O)NCCC(=O)N[C@H](CCC(=O)O)C(=O)O. The van der Waals surface area contributed by atoms with Crippen molar-refractivity contribution in [2.75, 3.05) is 26.7 Å². The van der Waals surface area contributed by atoms with Crippen LogP contribution < -0.4 is 32.3 Å². The number of halogens is 2. The van der Waals surface area contributed by atoms with Crippen LogP contribution >= 0.6 is 0 Å². The first kappa shape index (κ1) is 64.9. The predicted octanol–water partition coefficient (Wildman–Crippen LogP) is 1.84. The lowest BCUT2D eigenvalue weighted by Gasteiger charge is -2.46. The van der Waals surface area contributed by atoms with E-state index in [0.717, 1.165) is 28.7 Å². The molecule has 2 aromatic carbocycles. The molecule has 2 aromatic rings. The van der Waals surface area contributed by atoms with Gasteiger partial charge in [-0.1, -0.05) is 51.1 Å². The number of aliphatic hydroxyl groups is 1. The molecule has 1 saturated carbocycles. The molecular weight excluding hydrogens is 1020 g/mol. The van der Waals surface area contributed by atoms with E-state index in [-0.39, 0.29) is 49.5 Å². The van der Waals surface area contributed by atoms with Gasteiger partial charge in [-0.3, -0.25) is 43.2 Å². The molecule has 9 atom stereocenters. The number of carbonyl (C=O) groups excluding carboxylic acids is 9. The Balaban J connectivity index is 2.01. The van der Waals surface area contributed by atoms with Crippen LogP contribution in [0, 0.1) is 28.9 Å². The fraction of sp³-hybridized carbons (Fsp3) is 0.574. The van der Waals surface area contributed by atoms with Crippen molar-refractivity contribution < 1.29 is 76.8 Å². The molecule has 0 spiro atoms. The van der Waals surface area contributed by atoms with Crippen molar-refractivity contribution in [3.8, 4) is 0 Å². The summed E-state index contributed by atoms with van der Waals surface area (Å²) in [6.45, 7) is 7.82. The van der Waals surface area contributed by atoms with Crippen molar-refractivity contribution >= 4 is 65.0 Å². The number of nitrogens with two attached hydrogens (primary N) is 1. The molecule has 0 radical (unpaired) electrons. The van der Waals surface area contributed by atoms with Gasteiger partial charge in [-0.2, -0.15) is 0 Å². The predicted molar refractivity (Wildman–Crippen MR) is 278 cm³/mol. The molecule has 1 aliphatic rings. The summed E-state index contributed by atoms with van der Waals surface area (Å²) in [6.07, 6.45) is -1.27. The second kappa shape index (κ2) is 30.5. The van der Waals surface area contributed by atoms with E-state index in [9.17, 15) is 67.3 Å². The van der Waals surface area contributed by atoms with Gasteiger partial charge in [-0.15, -0.1) is 0 Å². The molecule has 10 N–H and O–H groups in total. The van der Waals surface area contributed by atoms with Gasteiger partial charge >= 0.3 is 11.9 Å². The maximum absolute atomic E-state index is 15.5. The van der Waals surface area contributed by atoms with E-state index in [1.807, 2.05) is 51.1 Å². The van der Waals surface area contributed by atoms with Gasteiger partial charge in [0.1, 0.15) is 54.2 Å². The largest absolute Gasteiger partial charge is 0.481 e. The average molecular weight is 1100 g/mol. The number of benzene rings is 2. The zero-order chi connectivity index (χ0) is 58.6. The van der Waals surface area contributed by atoms with Gasteiger partial charge in [0, 0.05) is 51.9 Å². The highest BCUT2D eigenvalue weighted by atomic mass is 19.1. The first-order valence-corrected chi connectivity index (χ1v) is 25.9. The summed E-state index contributed by atoms with van der Waals surface area (Å²) in [5.74, 6) is -12.4. The lowest BCUT2D eigenvalue weighted by atomic mass is 9.72. The number of hydrogen-bond donors (Lipinski definition) is 9. The third-order valence-electron chi connectivity index (χ3n) is 13.8. The van der Waals surface area contributed by atoms with E-state index in [1.54, 1.807) is 0 Å². The lowest BCUT2D eigenvalue weighted by Crippen LogP contribution is -2.59. The van der Waals surface area contributed by atoms with Crippen LogP contribution in [0.1, 0.15) is 123 Å². The topological polar surface area (TPSA) is 341 Å². The maximum atomic E-state index is 15.5. The smallest absolute Gasteiger partial charge is 0.326 e. The summed E-state index contributed by atoms with van der Waals surface area (Å²) in [4.78, 5) is 144. The molecule has 0 aromatic heterocycles. The third-order valence-corrected chi connectivity index (χ3v) is 13.8. The van der Waals surface area contributed by atoms with Crippen LogP contribution in [0.5, 0.6) is 0 Å². The Morgan fingerprint density at radius 2 is 1.41 bits per heavy atom. The molecule has 22 nitrogen and oxygen atoms in total. The molecule has 78 heavy (non-hydrogen) atoms. The highest BCUT2D eigenvalue weighted by molar-refractivity contribution is 5.97. The van der Waals surface area contributed by atoms with Crippen LogP contribution in [-0.4, -0.2) is 153 Å². The standard InChI is InChI=1S/C54H76F2N8O14/c1-30(66)12-11-15-44(68)59-31(2)52(76)63(7)32(3)49(73)62-42(28-43(57)67)51(75)61-40(50(74)58-22-20-45(69)60-41(53(77)78)18-19-47(71)72)21-23-64(46(70)29-65)48(54(4,5)6)38-26-35(37-27-36(55)16-17-39(37)56)25-34(38)24-33-13-9-8-10-14-33/h8-10,13-14,16-17,27,31-32,34-35,38,40-42,48,65H,11-12,15,18-26,28-29H2,1-7H3,(H2,57,67)(H,58,74)(H,59,68)(H,60,69)(H,61,75)(H,62,73)(H,71,72)(H,77,78)/t31-,32-,34?,35?,38?,40-,41+,42-,48-/m0/s1. The van der Waals surface area contributed by atoms with Gasteiger partial charge in [0.2, 0.25) is 47.3 Å². The third kappa shape index (κ3) is 20.5. The minimum absolute atomic E-state index is 0.0396. The fourth-order valence-electron chi connectivity index (χ4n) is 9.90. The fourth-order valence-corrected chi connectivity index (χ4v) is 9.90. The normalized spacial score (nSPS) is 17.4. The number of aliphatic carboxylic acids is 2. The average Bonchev–Trinajstić information content (AvgIpc) is 3.76. The van der Waals surface area contributed by atoms with Crippen molar-refractivity contribution in [1.29, 1.82) is 0 Å². The molecule has 1 aliphatic carbocycles. The number of aliphatic hydroxyl groups excluding tert-OH is 1. The number of rotatable bonds is 31. The Morgan fingerprint density at radius 3 is 2.00 bits per heavy atom. The minimum atomic E-state index is -1.78. The zero-order valence-electron chi connectivity index (χ0n) is 45.3. The molecule has 430 valence electrons. The second-order valence-electron chi connectivity index (χ2n) is 21.0. The van der Waals surface area contributed by atoms with Gasteiger partial charge < -0.3 is 62.2 Å². The summed E-state index contributed by atoms with van der Waals surface area (Å²) in [5, 5.41) is 41.1. The Morgan fingerprint density at radius 1 is 0.769 bits per heavy atom. The molecular formula is C54H76F2N8O14. The highest BCUT2D eigenvalue weighted by Gasteiger charge is 2.48. The second-order valence-corrected chi connectivity index (χ2v) is 21.0. The monoisotopic (exact) mass is 1100 g/mol. The summed E-state index contributed by atoms with van der Waals surface area (Å²) in [5.41, 5.74) is 5.82. The molecule has 0 heterocycles. The van der Waals surface area contributed by atoms with Crippen molar-refractivity contribution in [2.45, 2.75) is 154 Å².